The predicted octanol–water partition coefficient (Wildman–Crippen LogP) is 8.50. The van der Waals surface area contributed by atoms with Gasteiger partial charge in [0.05, 0.1) is 16.5 Å². The molecule has 5 aromatic rings. The van der Waals surface area contributed by atoms with Gasteiger partial charge in [0.25, 0.3) is 10.0 Å². The lowest BCUT2D eigenvalue weighted by Gasteiger charge is -2.32. The van der Waals surface area contributed by atoms with Crippen molar-refractivity contribution in [1.29, 1.82) is 0 Å². The third-order valence-corrected chi connectivity index (χ3v) is 10.6. The van der Waals surface area contributed by atoms with Crippen LogP contribution >= 0.6 is 0 Å². The Morgan fingerprint density at radius 1 is 0.745 bits per heavy atom. The first-order chi connectivity index (χ1) is 22.8. The van der Waals surface area contributed by atoms with E-state index in [1.807, 2.05) is 104 Å². The Kier molecular flexibility index (Phi) is 8.12. The van der Waals surface area contributed by atoms with Gasteiger partial charge < -0.3 is 4.74 Å². The Morgan fingerprint density at radius 2 is 1.36 bits per heavy atom. The van der Waals surface area contributed by atoms with Crippen LogP contribution < -0.4 is 4.72 Å². The topological polar surface area (TPSA) is 72.5 Å². The van der Waals surface area contributed by atoms with E-state index >= 15 is 0 Å². The van der Waals surface area contributed by atoms with Gasteiger partial charge in [-0.25, -0.2) is 8.42 Å². The predicted molar refractivity (Wildman–Crippen MR) is 186 cm³/mol. The highest BCUT2D eigenvalue weighted by atomic mass is 32.2. The summed E-state index contributed by atoms with van der Waals surface area (Å²) < 4.78 is 36.6. The van der Waals surface area contributed by atoms with Gasteiger partial charge in [0.2, 0.25) is 0 Å². The van der Waals surface area contributed by atoms with Crippen LogP contribution in [0.3, 0.4) is 0 Å². The zero-order valence-corrected chi connectivity index (χ0v) is 27.0. The second kappa shape index (κ2) is 12.5. The number of allylic oxidation sites excluding steroid dienone is 2. The van der Waals surface area contributed by atoms with Crippen molar-refractivity contribution in [3.8, 4) is 0 Å². The molecule has 1 aliphatic heterocycles. The molecule has 0 bridgehead atoms. The summed E-state index contributed by atoms with van der Waals surface area (Å²) >= 11 is 0. The third-order valence-electron chi connectivity index (χ3n) is 9.18. The van der Waals surface area contributed by atoms with E-state index in [4.69, 9.17) is 4.74 Å². The first-order valence-corrected chi connectivity index (χ1v) is 17.3. The number of hydrogen-bond acceptors (Lipinski definition) is 4. The SMILES string of the molecule is Cc1ccc(S(=O)(=O)N/C(=C\[C@H](c2ccccc2)[C@@H]2c3ccc(C)cc3[C@H]3C=C(c4ccccc4)OC(=O)[C@@H]23)c2ccccc2)cc1. The van der Waals surface area contributed by atoms with Gasteiger partial charge in [0.1, 0.15) is 5.76 Å². The lowest BCUT2D eigenvalue weighted by atomic mass is 9.74. The molecule has 1 heterocycles. The van der Waals surface area contributed by atoms with Gasteiger partial charge in [-0.1, -0.05) is 139 Å². The molecule has 5 nitrogen and oxygen atoms in total. The van der Waals surface area contributed by atoms with Gasteiger partial charge in [-0.05, 0) is 54.3 Å². The van der Waals surface area contributed by atoms with Gasteiger partial charge in [0, 0.05) is 23.3 Å². The summed E-state index contributed by atoms with van der Waals surface area (Å²) in [5, 5.41) is 0. The van der Waals surface area contributed by atoms with Crippen molar-refractivity contribution >= 4 is 27.4 Å². The number of cyclic esters (lactones) is 1. The van der Waals surface area contributed by atoms with Crippen LogP contribution in [-0.2, 0) is 19.6 Å². The minimum Gasteiger partial charge on any atom is -0.426 e. The van der Waals surface area contributed by atoms with Gasteiger partial charge >= 0.3 is 5.97 Å². The second-order valence-electron chi connectivity index (χ2n) is 12.3. The number of benzene rings is 5. The number of rotatable bonds is 8. The molecule has 4 atom stereocenters. The molecule has 0 aromatic heterocycles. The number of nitrogens with one attached hydrogen (secondary N) is 1. The number of sulfonamides is 1. The van der Waals surface area contributed by atoms with Crippen molar-refractivity contribution in [2.75, 3.05) is 0 Å². The Bertz CT molecular complexity index is 2090. The fraction of sp³-hybridized carbons (Fsp3) is 0.146. The molecule has 234 valence electrons. The zero-order chi connectivity index (χ0) is 32.5. The molecule has 1 N–H and O–H groups in total. The van der Waals surface area contributed by atoms with E-state index in [2.05, 4.69) is 35.9 Å². The van der Waals surface area contributed by atoms with Crippen LogP contribution in [0.4, 0.5) is 0 Å². The molecule has 5 aromatic carbocycles. The average Bonchev–Trinajstić information content (AvgIpc) is 3.41. The fourth-order valence-corrected chi connectivity index (χ4v) is 8.01. The lowest BCUT2D eigenvalue weighted by Crippen LogP contribution is -2.30. The number of ether oxygens (including phenoxy) is 1. The van der Waals surface area contributed by atoms with Gasteiger partial charge in [-0.2, -0.15) is 0 Å². The maximum Gasteiger partial charge on any atom is 0.315 e. The molecular formula is C41H35NO4S. The Hall–Kier alpha value is -5.20. The van der Waals surface area contributed by atoms with Crippen LogP contribution in [0.25, 0.3) is 11.5 Å². The third kappa shape index (κ3) is 6.05. The van der Waals surface area contributed by atoms with E-state index in [0.717, 1.165) is 38.9 Å². The Labute approximate surface area is 276 Å². The van der Waals surface area contributed by atoms with Crippen LogP contribution in [0, 0.1) is 19.8 Å². The maximum absolute atomic E-state index is 14.2. The van der Waals surface area contributed by atoms with E-state index in [1.54, 1.807) is 24.3 Å². The normalized spacial score (nSPS) is 19.6. The van der Waals surface area contributed by atoms with Crippen molar-refractivity contribution in [1.82, 2.24) is 4.72 Å². The van der Waals surface area contributed by atoms with E-state index in [9.17, 15) is 13.2 Å². The summed E-state index contributed by atoms with van der Waals surface area (Å²) in [7, 11) is -3.93. The first-order valence-electron chi connectivity index (χ1n) is 15.8. The molecule has 47 heavy (non-hydrogen) atoms. The number of aryl methyl sites for hydroxylation is 2. The van der Waals surface area contributed by atoms with Gasteiger partial charge in [0.15, 0.2) is 0 Å². The van der Waals surface area contributed by atoms with Crippen LogP contribution in [0.15, 0.2) is 151 Å². The summed E-state index contributed by atoms with van der Waals surface area (Å²) in [6.45, 7) is 3.99. The van der Waals surface area contributed by atoms with Crippen molar-refractivity contribution < 1.29 is 17.9 Å². The van der Waals surface area contributed by atoms with Crippen LogP contribution in [0.5, 0.6) is 0 Å². The van der Waals surface area contributed by atoms with Crippen molar-refractivity contribution in [2.45, 2.75) is 36.5 Å². The maximum atomic E-state index is 14.2. The summed E-state index contributed by atoms with van der Waals surface area (Å²) in [6, 6.07) is 42.4. The van der Waals surface area contributed by atoms with E-state index in [1.165, 1.54) is 0 Å². The number of esters is 1. The molecule has 0 radical (unpaired) electrons. The van der Waals surface area contributed by atoms with E-state index in [0.29, 0.717) is 11.5 Å². The monoisotopic (exact) mass is 637 g/mol. The van der Waals surface area contributed by atoms with E-state index < -0.39 is 15.9 Å². The minimum atomic E-state index is -3.93. The molecule has 0 unspecified atom stereocenters. The molecule has 6 heteroatoms. The minimum absolute atomic E-state index is 0.178. The second-order valence-corrected chi connectivity index (χ2v) is 14.0. The number of fused-ring (bicyclic) bond motifs is 3. The number of carbonyl (C=O) groups is 1. The van der Waals surface area contributed by atoms with Crippen LogP contribution in [0.2, 0.25) is 0 Å². The highest BCUT2D eigenvalue weighted by Crippen LogP contribution is 2.57. The highest BCUT2D eigenvalue weighted by Gasteiger charge is 2.50. The number of hydrogen-bond donors (Lipinski definition) is 1. The Morgan fingerprint density at radius 3 is 2.04 bits per heavy atom. The summed E-state index contributed by atoms with van der Waals surface area (Å²) in [5.74, 6) is -1.12. The smallest absolute Gasteiger partial charge is 0.315 e. The average molecular weight is 638 g/mol. The van der Waals surface area contributed by atoms with Crippen LogP contribution in [-0.4, -0.2) is 14.4 Å². The highest BCUT2D eigenvalue weighted by molar-refractivity contribution is 7.89. The summed E-state index contributed by atoms with van der Waals surface area (Å²) in [4.78, 5) is 14.3. The Balaban J connectivity index is 1.40. The van der Waals surface area contributed by atoms with Crippen molar-refractivity contribution in [3.63, 3.8) is 0 Å². The van der Waals surface area contributed by atoms with Crippen LogP contribution in [0.1, 0.15) is 56.7 Å². The zero-order valence-electron chi connectivity index (χ0n) is 26.2. The standard InChI is InChI=1S/C41H35NO4S/c1-27-18-21-32(22-19-27)47(44,45)42-37(30-14-8-4-9-15-30)25-34(29-12-6-3-7-13-29)39-33-23-20-28(2)24-35(33)36-26-38(46-41(43)40(36)39)31-16-10-5-11-17-31/h3-26,34,36,39-40,42H,1-2H3/b37-25-/t34-,36-,39+,40-/m1/s1. The molecule has 0 amide bonds. The molecule has 0 saturated carbocycles. The number of carbonyl (C=O) groups excluding carboxylic acids is 1. The van der Waals surface area contributed by atoms with Crippen molar-refractivity contribution in [2.24, 2.45) is 5.92 Å². The molecule has 0 spiro atoms. The largest absolute Gasteiger partial charge is 0.426 e. The van der Waals surface area contributed by atoms with Gasteiger partial charge in [-0.3, -0.25) is 9.52 Å². The summed E-state index contributed by atoms with van der Waals surface area (Å²) in [6.07, 6.45) is 4.07. The molecular weight excluding hydrogens is 603 g/mol. The lowest BCUT2D eigenvalue weighted by molar-refractivity contribution is -0.143. The van der Waals surface area contributed by atoms with Gasteiger partial charge in [-0.15, -0.1) is 0 Å². The molecule has 1 aliphatic carbocycles. The molecule has 0 saturated heterocycles. The van der Waals surface area contributed by atoms with E-state index in [-0.39, 0.29) is 28.6 Å². The quantitative estimate of drug-likeness (QED) is 0.173. The first kappa shape index (κ1) is 30.5. The fourth-order valence-electron chi connectivity index (χ4n) is 6.92. The summed E-state index contributed by atoms with van der Waals surface area (Å²) in [5.41, 5.74) is 7.24. The molecule has 2 aliphatic rings. The van der Waals surface area contributed by atoms with Crippen molar-refractivity contribution in [3.05, 3.63) is 185 Å². The molecule has 0 fully saturated rings. The molecule has 7 rings (SSSR count).